The number of hydrogen-bond donors (Lipinski definition) is 1. The van der Waals surface area contributed by atoms with E-state index in [9.17, 15) is 23.3 Å². The maximum absolute atomic E-state index is 13.6. The maximum Gasteiger partial charge on any atom is 0.303 e. The van der Waals surface area contributed by atoms with Gasteiger partial charge in [-0.2, -0.15) is 0 Å². The number of carboxylic acids is 1. The lowest BCUT2D eigenvalue weighted by molar-refractivity contribution is -0.384. The highest BCUT2D eigenvalue weighted by Crippen LogP contribution is 2.48. The molecule has 0 atom stereocenters. The summed E-state index contributed by atoms with van der Waals surface area (Å²) >= 11 is 1.55. The van der Waals surface area contributed by atoms with Crippen LogP contribution in [-0.2, 0) is 24.4 Å². The van der Waals surface area contributed by atoms with Crippen LogP contribution in [0.15, 0.2) is 120 Å². The number of nitro groups is 1. The Kier molecular flexibility index (Phi) is 10.5. The summed E-state index contributed by atoms with van der Waals surface area (Å²) in [6, 6.07) is 34.4. The molecule has 4 rings (SSSR count). The number of aliphatic carboxylic acids is 1. The SMILES string of the molecule is O=C(O)CCCON(CCSC(c1ccccc1)(c1ccccc1)c1ccccc1)S(=O)(=O)c1ccc([N+](=O)[O-])cc1. The average Bonchev–Trinajstić information content (AvgIpc) is 3.01. The van der Waals surface area contributed by atoms with E-state index in [-0.39, 0.29) is 36.6 Å². The third-order valence-electron chi connectivity index (χ3n) is 6.52. The summed E-state index contributed by atoms with van der Waals surface area (Å²) in [5.74, 6) is -0.721. The van der Waals surface area contributed by atoms with Crippen LogP contribution in [0.5, 0.6) is 0 Å². The van der Waals surface area contributed by atoms with Crippen molar-refractivity contribution in [3.63, 3.8) is 0 Å². The number of carbonyl (C=O) groups is 1. The van der Waals surface area contributed by atoms with Crippen LogP contribution in [0.25, 0.3) is 0 Å². The average molecular weight is 607 g/mol. The van der Waals surface area contributed by atoms with Gasteiger partial charge < -0.3 is 5.11 Å². The minimum atomic E-state index is -4.23. The second kappa shape index (κ2) is 14.2. The predicted octanol–water partition coefficient (Wildman–Crippen LogP) is 6.11. The molecule has 0 aromatic heterocycles. The van der Waals surface area contributed by atoms with E-state index in [4.69, 9.17) is 9.94 Å². The number of rotatable bonds is 15. The third-order valence-corrected chi connectivity index (χ3v) is 9.74. The number of nitrogens with zero attached hydrogens (tertiary/aromatic N) is 2. The number of sulfonamides is 1. The van der Waals surface area contributed by atoms with Gasteiger partial charge in [-0.3, -0.25) is 19.7 Å². The van der Waals surface area contributed by atoms with E-state index < -0.39 is 25.7 Å². The van der Waals surface area contributed by atoms with Gasteiger partial charge in [-0.1, -0.05) is 95.5 Å². The maximum atomic E-state index is 13.6. The number of hydrogen-bond acceptors (Lipinski definition) is 7. The molecular weight excluding hydrogens is 576 g/mol. The van der Waals surface area contributed by atoms with Gasteiger partial charge in [0, 0.05) is 30.9 Å². The highest BCUT2D eigenvalue weighted by molar-refractivity contribution is 8.00. The van der Waals surface area contributed by atoms with Crippen LogP contribution in [0, 0.1) is 10.1 Å². The van der Waals surface area contributed by atoms with Gasteiger partial charge in [-0.05, 0) is 35.2 Å². The van der Waals surface area contributed by atoms with Crippen molar-refractivity contribution in [1.29, 1.82) is 0 Å². The molecule has 42 heavy (non-hydrogen) atoms. The molecule has 0 bridgehead atoms. The monoisotopic (exact) mass is 606 g/mol. The Hall–Kier alpha value is -4.03. The van der Waals surface area contributed by atoms with Gasteiger partial charge in [0.25, 0.3) is 15.7 Å². The smallest absolute Gasteiger partial charge is 0.303 e. The fourth-order valence-corrected chi connectivity index (χ4v) is 7.39. The van der Waals surface area contributed by atoms with Crippen LogP contribution in [-0.4, -0.2) is 47.8 Å². The molecule has 4 aromatic carbocycles. The van der Waals surface area contributed by atoms with Crippen molar-refractivity contribution < 1.29 is 28.1 Å². The number of benzene rings is 4. The van der Waals surface area contributed by atoms with Crippen LogP contribution >= 0.6 is 11.8 Å². The summed E-state index contributed by atoms with van der Waals surface area (Å²) in [6.07, 6.45) is -0.0734. The first-order valence-electron chi connectivity index (χ1n) is 13.2. The molecule has 9 nitrogen and oxygen atoms in total. The molecule has 11 heteroatoms. The molecule has 0 saturated carbocycles. The van der Waals surface area contributed by atoms with Crippen LogP contribution in [0.4, 0.5) is 5.69 Å². The lowest BCUT2D eigenvalue weighted by Crippen LogP contribution is -2.35. The van der Waals surface area contributed by atoms with Gasteiger partial charge in [0.2, 0.25) is 0 Å². The molecule has 0 radical (unpaired) electrons. The Morgan fingerprint density at radius 3 is 1.74 bits per heavy atom. The van der Waals surface area contributed by atoms with Crippen molar-refractivity contribution in [3.8, 4) is 0 Å². The molecule has 0 aliphatic carbocycles. The molecule has 0 saturated heterocycles. The molecular formula is C31H30N2O7S2. The molecule has 4 aromatic rings. The first-order chi connectivity index (χ1) is 20.2. The predicted molar refractivity (Wildman–Crippen MR) is 161 cm³/mol. The van der Waals surface area contributed by atoms with E-state index in [1.165, 1.54) is 0 Å². The van der Waals surface area contributed by atoms with E-state index in [1.807, 2.05) is 91.0 Å². The highest BCUT2D eigenvalue weighted by Gasteiger charge is 2.37. The molecule has 0 spiro atoms. The van der Waals surface area contributed by atoms with Crippen LogP contribution in [0.2, 0.25) is 0 Å². The van der Waals surface area contributed by atoms with E-state index in [1.54, 1.807) is 11.8 Å². The van der Waals surface area contributed by atoms with Crippen molar-refractivity contribution >= 4 is 33.4 Å². The normalized spacial score (nSPS) is 11.8. The number of carboxylic acid groups (broad SMARTS) is 1. The van der Waals surface area contributed by atoms with E-state index in [2.05, 4.69) is 0 Å². The second-order valence-corrected chi connectivity index (χ2v) is 12.4. The lowest BCUT2D eigenvalue weighted by atomic mass is 9.84. The first-order valence-corrected chi connectivity index (χ1v) is 15.6. The van der Waals surface area contributed by atoms with Crippen LogP contribution < -0.4 is 0 Å². The Balaban J connectivity index is 1.68. The molecule has 0 aliphatic rings. The molecule has 1 N–H and O–H groups in total. The minimum absolute atomic E-state index is 0.0642. The quantitative estimate of drug-likeness (QED) is 0.0744. The Morgan fingerprint density at radius 1 is 0.833 bits per heavy atom. The van der Waals surface area contributed by atoms with Crippen molar-refractivity contribution in [1.82, 2.24) is 4.47 Å². The zero-order chi connectivity index (χ0) is 30.0. The fourth-order valence-electron chi connectivity index (χ4n) is 4.54. The van der Waals surface area contributed by atoms with Crippen molar-refractivity contribution in [2.45, 2.75) is 22.5 Å². The minimum Gasteiger partial charge on any atom is -0.481 e. The summed E-state index contributed by atoms with van der Waals surface area (Å²) in [6.45, 7) is -0.199. The van der Waals surface area contributed by atoms with Crippen molar-refractivity contribution in [2.24, 2.45) is 0 Å². The Morgan fingerprint density at radius 2 is 1.31 bits per heavy atom. The van der Waals surface area contributed by atoms with Gasteiger partial charge in [0.05, 0.1) is 21.2 Å². The summed E-state index contributed by atoms with van der Waals surface area (Å²) in [5, 5.41) is 20.1. The lowest BCUT2D eigenvalue weighted by Gasteiger charge is -2.36. The first kappa shape index (κ1) is 30.9. The van der Waals surface area contributed by atoms with Crippen LogP contribution in [0.3, 0.4) is 0 Å². The number of nitro benzene ring substituents is 1. The van der Waals surface area contributed by atoms with E-state index in [0.29, 0.717) is 5.75 Å². The van der Waals surface area contributed by atoms with Crippen LogP contribution in [0.1, 0.15) is 29.5 Å². The molecule has 0 unspecified atom stereocenters. The van der Waals surface area contributed by atoms with Gasteiger partial charge >= 0.3 is 5.97 Å². The summed E-state index contributed by atoms with van der Waals surface area (Å²) in [7, 11) is -4.23. The van der Waals surface area contributed by atoms with E-state index in [0.717, 1.165) is 45.4 Å². The largest absolute Gasteiger partial charge is 0.481 e. The van der Waals surface area contributed by atoms with Gasteiger partial charge in [0.15, 0.2) is 0 Å². The Bertz CT molecular complexity index is 1470. The zero-order valence-electron chi connectivity index (χ0n) is 22.6. The number of thioether (sulfide) groups is 1. The summed E-state index contributed by atoms with van der Waals surface area (Å²) in [5.41, 5.74) is 2.80. The highest BCUT2D eigenvalue weighted by atomic mass is 32.2. The summed E-state index contributed by atoms with van der Waals surface area (Å²) < 4.78 is 27.4. The fraction of sp³-hybridized carbons (Fsp3) is 0.194. The zero-order valence-corrected chi connectivity index (χ0v) is 24.2. The Labute approximate surface area is 248 Å². The second-order valence-electron chi connectivity index (χ2n) is 9.24. The van der Waals surface area contributed by atoms with Crippen molar-refractivity contribution in [3.05, 3.63) is 142 Å². The van der Waals surface area contributed by atoms with Gasteiger partial charge in [-0.15, -0.1) is 11.8 Å². The van der Waals surface area contributed by atoms with Crippen molar-refractivity contribution in [2.75, 3.05) is 18.9 Å². The molecule has 0 fully saturated rings. The topological polar surface area (TPSA) is 127 Å². The third kappa shape index (κ3) is 7.24. The molecule has 0 heterocycles. The number of hydroxylamine groups is 1. The standard InChI is InChI=1S/C31H30N2O7S2/c34-30(35)17-10-23-40-32(42(38,39)29-20-18-28(19-21-29)33(36)37)22-24-41-31(25-11-4-1-5-12-25,26-13-6-2-7-14-26)27-15-8-3-9-16-27/h1-9,11-16,18-21H,10,17,22-24H2,(H,34,35). The van der Waals surface area contributed by atoms with Gasteiger partial charge in [0.1, 0.15) is 0 Å². The molecule has 0 aliphatic heterocycles. The molecule has 0 amide bonds. The summed E-state index contributed by atoms with van der Waals surface area (Å²) in [4.78, 5) is 27.0. The van der Waals surface area contributed by atoms with Gasteiger partial charge in [-0.25, -0.2) is 8.42 Å². The van der Waals surface area contributed by atoms with E-state index >= 15 is 0 Å². The number of non-ortho nitro benzene ring substituents is 1. The molecule has 218 valence electrons.